The summed E-state index contributed by atoms with van der Waals surface area (Å²) in [5.74, 6) is -0.615. The molecule has 0 spiro atoms. The molecule has 1 aliphatic rings. The highest BCUT2D eigenvalue weighted by Gasteiger charge is 2.33. The van der Waals surface area contributed by atoms with E-state index in [-0.39, 0.29) is 18.5 Å². The summed E-state index contributed by atoms with van der Waals surface area (Å²) in [5, 5.41) is 6.43. The van der Waals surface area contributed by atoms with Crippen molar-refractivity contribution in [3.8, 4) is 0 Å². The zero-order valence-corrected chi connectivity index (χ0v) is 16.1. The molecule has 0 bridgehead atoms. The second-order valence-corrected chi connectivity index (χ2v) is 6.15. The van der Waals surface area contributed by atoms with Gasteiger partial charge in [0.2, 0.25) is 5.91 Å². The Balaban J connectivity index is 2.30. The molecule has 0 radical (unpaired) electrons. The number of nitrogens with zero attached hydrogens (tertiary/aromatic N) is 1. The number of nitrogens with one attached hydrogen (secondary N) is 2. The number of methoxy groups -OCH3 is 1. The normalized spacial score (nSPS) is 17.0. The number of carbonyl (C=O) groups excluding carboxylic acids is 2. The highest BCUT2D eigenvalue weighted by atomic mass is 32.1. The van der Waals surface area contributed by atoms with Crippen molar-refractivity contribution in [3.05, 3.63) is 41.1 Å². The van der Waals surface area contributed by atoms with E-state index in [2.05, 4.69) is 10.6 Å². The van der Waals surface area contributed by atoms with Crippen LogP contribution in [0.5, 0.6) is 0 Å². The van der Waals surface area contributed by atoms with Gasteiger partial charge in [-0.05, 0) is 43.8 Å². The lowest BCUT2D eigenvalue weighted by Crippen LogP contribution is -2.46. The van der Waals surface area contributed by atoms with E-state index < -0.39 is 6.04 Å². The molecule has 0 aromatic heterocycles. The predicted octanol–water partition coefficient (Wildman–Crippen LogP) is 1.97. The van der Waals surface area contributed by atoms with Crippen LogP contribution in [0.3, 0.4) is 0 Å². The van der Waals surface area contributed by atoms with Crippen LogP contribution in [0.1, 0.15) is 25.5 Å². The lowest BCUT2D eigenvalue weighted by molar-refractivity contribution is -0.139. The number of allylic oxidation sites excluding steroid dienone is 1. The highest BCUT2D eigenvalue weighted by Crippen LogP contribution is 2.31. The molecular formula is C18H23N3O4S. The molecule has 140 valence electrons. The van der Waals surface area contributed by atoms with Gasteiger partial charge in [0.15, 0.2) is 5.11 Å². The van der Waals surface area contributed by atoms with Crippen LogP contribution in [-0.2, 0) is 19.1 Å². The topological polar surface area (TPSA) is 79.9 Å². The first-order valence-electron chi connectivity index (χ1n) is 8.19. The van der Waals surface area contributed by atoms with Crippen LogP contribution in [-0.4, -0.2) is 49.3 Å². The van der Waals surface area contributed by atoms with Crippen LogP contribution in [0.15, 0.2) is 35.5 Å². The molecule has 2 rings (SSSR count). The number of anilines is 1. The first kappa shape index (κ1) is 19.9. The molecule has 0 saturated carbocycles. The number of ether oxygens (including phenoxy) is 2. The van der Waals surface area contributed by atoms with Crippen molar-refractivity contribution in [1.29, 1.82) is 0 Å². The van der Waals surface area contributed by atoms with Crippen molar-refractivity contribution in [1.82, 2.24) is 10.2 Å². The third-order valence-electron chi connectivity index (χ3n) is 4.05. The largest absolute Gasteiger partial charge is 0.463 e. The molecule has 0 aliphatic carbocycles. The molecule has 26 heavy (non-hydrogen) atoms. The van der Waals surface area contributed by atoms with Gasteiger partial charge in [-0.1, -0.05) is 12.1 Å². The van der Waals surface area contributed by atoms with Gasteiger partial charge in [0.25, 0.3) is 0 Å². The third-order valence-corrected chi connectivity index (χ3v) is 4.44. The molecule has 0 unspecified atom stereocenters. The molecule has 0 saturated heterocycles. The smallest absolute Gasteiger partial charge is 0.338 e. The number of benzene rings is 1. The van der Waals surface area contributed by atoms with E-state index in [1.54, 1.807) is 31.0 Å². The third kappa shape index (κ3) is 4.39. The lowest BCUT2D eigenvalue weighted by Gasteiger charge is -2.35. The van der Waals surface area contributed by atoms with E-state index in [1.807, 2.05) is 19.1 Å². The van der Waals surface area contributed by atoms with E-state index in [1.165, 1.54) is 7.11 Å². The van der Waals surface area contributed by atoms with Crippen molar-refractivity contribution in [2.45, 2.75) is 19.9 Å². The number of amides is 1. The van der Waals surface area contributed by atoms with Crippen molar-refractivity contribution in [3.63, 3.8) is 0 Å². The van der Waals surface area contributed by atoms with Gasteiger partial charge < -0.3 is 25.0 Å². The Morgan fingerprint density at radius 1 is 1.31 bits per heavy atom. The maximum atomic E-state index is 12.5. The fraction of sp³-hybridized carbons (Fsp3) is 0.389. The number of hydrogen-bond acceptors (Lipinski definition) is 5. The maximum Gasteiger partial charge on any atom is 0.338 e. The zero-order valence-electron chi connectivity index (χ0n) is 15.3. The SMILES string of the molecule is CCOC(=O)C1=C(C)N(C)C(=S)N[C@@H]1c1ccc(NC(=O)COC)cc1. The van der Waals surface area contributed by atoms with Gasteiger partial charge in [0, 0.05) is 25.5 Å². The summed E-state index contributed by atoms with van der Waals surface area (Å²) >= 11 is 5.36. The Morgan fingerprint density at radius 3 is 2.54 bits per heavy atom. The van der Waals surface area contributed by atoms with Gasteiger partial charge in [-0.3, -0.25) is 4.79 Å². The number of carbonyl (C=O) groups is 2. The van der Waals surface area contributed by atoms with Gasteiger partial charge in [-0.2, -0.15) is 0 Å². The monoisotopic (exact) mass is 377 g/mol. The van der Waals surface area contributed by atoms with Crippen LogP contribution in [0.25, 0.3) is 0 Å². The quantitative estimate of drug-likeness (QED) is 0.579. The van der Waals surface area contributed by atoms with Crippen LogP contribution < -0.4 is 10.6 Å². The summed E-state index contributed by atoms with van der Waals surface area (Å²) in [6.45, 7) is 3.89. The number of esters is 1. The minimum Gasteiger partial charge on any atom is -0.463 e. The van der Waals surface area contributed by atoms with Gasteiger partial charge in [-0.15, -0.1) is 0 Å². The molecule has 1 aliphatic heterocycles. The number of thiocarbonyl (C=S) groups is 1. The minimum atomic E-state index is -0.415. The first-order chi connectivity index (χ1) is 12.4. The van der Waals surface area contributed by atoms with E-state index in [0.29, 0.717) is 23.0 Å². The van der Waals surface area contributed by atoms with Crippen LogP contribution in [0, 0.1) is 0 Å². The van der Waals surface area contributed by atoms with Gasteiger partial charge in [-0.25, -0.2) is 4.79 Å². The maximum absolute atomic E-state index is 12.5. The average molecular weight is 377 g/mol. The Labute approximate surface area is 158 Å². The van der Waals surface area contributed by atoms with Crippen molar-refractivity contribution in [2.24, 2.45) is 0 Å². The van der Waals surface area contributed by atoms with E-state index in [0.717, 1.165) is 11.3 Å². The van der Waals surface area contributed by atoms with E-state index in [9.17, 15) is 9.59 Å². The standard InChI is InChI=1S/C18H23N3O4S/c1-5-25-17(23)15-11(2)21(3)18(26)20-16(15)12-6-8-13(9-7-12)19-14(22)10-24-4/h6-9,16H,5,10H2,1-4H3,(H,19,22)(H,20,26)/t16-/m1/s1. The summed E-state index contributed by atoms with van der Waals surface area (Å²) in [5.41, 5.74) is 2.74. The van der Waals surface area contributed by atoms with Crippen molar-refractivity contribution >= 4 is 34.9 Å². The molecule has 1 amide bonds. The molecule has 1 heterocycles. The van der Waals surface area contributed by atoms with Gasteiger partial charge in [0.1, 0.15) is 6.61 Å². The van der Waals surface area contributed by atoms with E-state index >= 15 is 0 Å². The van der Waals surface area contributed by atoms with Crippen LogP contribution in [0.2, 0.25) is 0 Å². The minimum absolute atomic E-state index is 0.0124. The van der Waals surface area contributed by atoms with Crippen molar-refractivity contribution < 1.29 is 19.1 Å². The fourth-order valence-electron chi connectivity index (χ4n) is 2.65. The van der Waals surface area contributed by atoms with Crippen LogP contribution in [0.4, 0.5) is 5.69 Å². The summed E-state index contributed by atoms with van der Waals surface area (Å²) in [6.07, 6.45) is 0. The summed E-state index contributed by atoms with van der Waals surface area (Å²) in [6, 6.07) is 6.79. The molecule has 1 atom stereocenters. The fourth-order valence-corrected chi connectivity index (χ4v) is 2.90. The Kier molecular flexibility index (Phi) is 6.70. The Morgan fingerprint density at radius 2 is 1.96 bits per heavy atom. The highest BCUT2D eigenvalue weighted by molar-refractivity contribution is 7.80. The molecule has 8 heteroatoms. The summed E-state index contributed by atoms with van der Waals surface area (Å²) in [7, 11) is 3.26. The second-order valence-electron chi connectivity index (χ2n) is 5.76. The molecule has 0 fully saturated rings. The van der Waals surface area contributed by atoms with Crippen LogP contribution >= 0.6 is 12.2 Å². The van der Waals surface area contributed by atoms with Gasteiger partial charge in [0.05, 0.1) is 18.2 Å². The van der Waals surface area contributed by atoms with E-state index in [4.69, 9.17) is 21.7 Å². The van der Waals surface area contributed by atoms with Gasteiger partial charge >= 0.3 is 5.97 Å². The molecule has 2 N–H and O–H groups in total. The lowest BCUT2D eigenvalue weighted by atomic mass is 9.95. The summed E-state index contributed by atoms with van der Waals surface area (Å²) in [4.78, 5) is 25.8. The average Bonchev–Trinajstić information content (AvgIpc) is 2.60. The Bertz CT molecular complexity index is 730. The second kappa shape index (κ2) is 8.77. The van der Waals surface area contributed by atoms with Crippen molar-refractivity contribution in [2.75, 3.05) is 32.7 Å². The molecular weight excluding hydrogens is 354 g/mol. The molecule has 1 aromatic carbocycles. The number of rotatable bonds is 6. The number of hydrogen-bond donors (Lipinski definition) is 2. The zero-order chi connectivity index (χ0) is 19.3. The molecule has 1 aromatic rings. The predicted molar refractivity (Wildman–Crippen MR) is 103 cm³/mol. The Hall–Kier alpha value is -2.45. The summed E-state index contributed by atoms with van der Waals surface area (Å²) < 4.78 is 10.0. The first-order valence-corrected chi connectivity index (χ1v) is 8.60. The molecule has 7 nitrogen and oxygen atoms in total.